The van der Waals surface area contributed by atoms with Gasteiger partial charge in [-0.1, -0.05) is 6.07 Å². The van der Waals surface area contributed by atoms with Crippen LogP contribution in [0.1, 0.15) is 5.56 Å². The van der Waals surface area contributed by atoms with Crippen molar-refractivity contribution in [1.29, 1.82) is 0 Å². The van der Waals surface area contributed by atoms with E-state index in [0.29, 0.717) is 5.69 Å². The number of hydrogen-bond acceptors (Lipinski definition) is 1. The van der Waals surface area contributed by atoms with E-state index in [1.54, 1.807) is 6.07 Å². The normalized spacial score (nSPS) is 11.4. The van der Waals surface area contributed by atoms with Gasteiger partial charge in [0.25, 0.3) is 0 Å². The molecule has 0 amide bonds. The van der Waals surface area contributed by atoms with Gasteiger partial charge >= 0.3 is 6.18 Å². The van der Waals surface area contributed by atoms with Gasteiger partial charge in [-0.25, -0.2) is 0 Å². The average molecular weight is 442 g/mol. The molecule has 0 saturated heterocycles. The van der Waals surface area contributed by atoms with Gasteiger partial charge in [0, 0.05) is 13.7 Å². The molecule has 2 aromatic rings. The Morgan fingerprint density at radius 2 is 1.79 bits per heavy atom. The molecular weight excluding hydrogens is 434 g/mol. The fourth-order valence-corrected chi connectivity index (χ4v) is 2.92. The number of alkyl halides is 3. The molecular formula is C13H8BrF3IN. The van der Waals surface area contributed by atoms with Gasteiger partial charge in [-0.05, 0) is 74.9 Å². The summed E-state index contributed by atoms with van der Waals surface area (Å²) in [5.74, 6) is 0. The van der Waals surface area contributed by atoms with Crippen LogP contribution in [0.15, 0.2) is 46.9 Å². The molecule has 2 rings (SSSR count). The second-order valence-corrected chi connectivity index (χ2v) is 5.93. The van der Waals surface area contributed by atoms with E-state index in [1.165, 1.54) is 6.07 Å². The van der Waals surface area contributed by atoms with Gasteiger partial charge in [0.15, 0.2) is 0 Å². The lowest BCUT2D eigenvalue weighted by Crippen LogP contribution is -2.05. The largest absolute Gasteiger partial charge is 0.416 e. The molecule has 0 aliphatic carbocycles. The van der Waals surface area contributed by atoms with Crippen LogP contribution in [0.25, 0.3) is 0 Å². The standard InChI is InChI=1S/C13H8BrF3IN/c14-11-7-9(18)4-5-12(11)19-10-3-1-2-8(6-10)13(15,16)17/h1-7,19H. The summed E-state index contributed by atoms with van der Waals surface area (Å²) >= 11 is 5.54. The van der Waals surface area contributed by atoms with Gasteiger partial charge in [0.05, 0.1) is 11.3 Å². The third kappa shape index (κ3) is 3.85. The highest BCUT2D eigenvalue weighted by atomic mass is 127. The maximum atomic E-state index is 12.6. The van der Waals surface area contributed by atoms with E-state index < -0.39 is 11.7 Å². The summed E-state index contributed by atoms with van der Waals surface area (Å²) in [6.07, 6.45) is -4.33. The summed E-state index contributed by atoms with van der Waals surface area (Å²) in [4.78, 5) is 0. The highest BCUT2D eigenvalue weighted by Gasteiger charge is 2.30. The van der Waals surface area contributed by atoms with Crippen molar-refractivity contribution in [2.24, 2.45) is 0 Å². The highest BCUT2D eigenvalue weighted by Crippen LogP contribution is 2.32. The van der Waals surface area contributed by atoms with E-state index >= 15 is 0 Å². The van der Waals surface area contributed by atoms with Crippen LogP contribution < -0.4 is 5.32 Å². The van der Waals surface area contributed by atoms with E-state index in [9.17, 15) is 13.2 Å². The molecule has 0 saturated carbocycles. The summed E-state index contributed by atoms with van der Waals surface area (Å²) in [5.41, 5.74) is 0.454. The molecule has 19 heavy (non-hydrogen) atoms. The minimum absolute atomic E-state index is 0.400. The number of nitrogens with one attached hydrogen (secondary N) is 1. The fourth-order valence-electron chi connectivity index (χ4n) is 1.52. The predicted molar refractivity (Wildman–Crippen MR) is 81.6 cm³/mol. The molecule has 0 unspecified atom stereocenters. The first-order valence-corrected chi connectivity index (χ1v) is 7.13. The minimum Gasteiger partial charge on any atom is -0.355 e. The van der Waals surface area contributed by atoms with Crippen molar-refractivity contribution < 1.29 is 13.2 Å². The van der Waals surface area contributed by atoms with Crippen LogP contribution in [0.4, 0.5) is 24.5 Å². The van der Waals surface area contributed by atoms with Crippen molar-refractivity contribution in [2.45, 2.75) is 6.18 Å². The lowest BCUT2D eigenvalue weighted by atomic mass is 10.2. The van der Waals surface area contributed by atoms with Gasteiger partial charge in [-0.2, -0.15) is 13.2 Å². The lowest BCUT2D eigenvalue weighted by Gasteiger charge is -2.12. The Kier molecular flexibility index (Phi) is 4.39. The Bertz CT molecular complexity index is 599. The molecule has 6 heteroatoms. The van der Waals surface area contributed by atoms with Crippen molar-refractivity contribution in [3.8, 4) is 0 Å². The van der Waals surface area contributed by atoms with Crippen LogP contribution in [0.2, 0.25) is 0 Å². The zero-order chi connectivity index (χ0) is 14.0. The monoisotopic (exact) mass is 441 g/mol. The molecule has 0 aromatic heterocycles. The molecule has 0 bridgehead atoms. The zero-order valence-electron chi connectivity index (χ0n) is 9.43. The SMILES string of the molecule is FC(F)(F)c1cccc(Nc2ccc(I)cc2Br)c1. The molecule has 0 atom stereocenters. The number of anilines is 2. The first-order valence-electron chi connectivity index (χ1n) is 5.25. The zero-order valence-corrected chi connectivity index (χ0v) is 13.2. The third-order valence-electron chi connectivity index (χ3n) is 2.40. The maximum absolute atomic E-state index is 12.6. The van der Waals surface area contributed by atoms with Crippen LogP contribution in [0, 0.1) is 3.57 Å². The van der Waals surface area contributed by atoms with Crippen molar-refractivity contribution in [3.05, 3.63) is 56.1 Å². The Balaban J connectivity index is 2.29. The Morgan fingerprint density at radius 3 is 2.42 bits per heavy atom. The van der Waals surface area contributed by atoms with Gasteiger partial charge in [-0.15, -0.1) is 0 Å². The topological polar surface area (TPSA) is 12.0 Å². The molecule has 0 spiro atoms. The van der Waals surface area contributed by atoms with Crippen molar-refractivity contribution in [2.75, 3.05) is 5.32 Å². The van der Waals surface area contributed by atoms with E-state index in [1.807, 2.05) is 18.2 Å². The van der Waals surface area contributed by atoms with Gasteiger partial charge in [0.1, 0.15) is 0 Å². The minimum atomic E-state index is -4.33. The molecule has 0 fully saturated rings. The second-order valence-electron chi connectivity index (χ2n) is 3.83. The Morgan fingerprint density at radius 1 is 1.05 bits per heavy atom. The average Bonchev–Trinajstić information content (AvgIpc) is 2.32. The van der Waals surface area contributed by atoms with Crippen LogP contribution in [0.5, 0.6) is 0 Å². The van der Waals surface area contributed by atoms with Crippen molar-refractivity contribution in [3.63, 3.8) is 0 Å². The van der Waals surface area contributed by atoms with Crippen LogP contribution >= 0.6 is 38.5 Å². The molecule has 1 nitrogen and oxygen atoms in total. The van der Waals surface area contributed by atoms with E-state index in [4.69, 9.17) is 0 Å². The molecule has 0 aliphatic rings. The molecule has 0 heterocycles. The van der Waals surface area contributed by atoms with Gasteiger partial charge < -0.3 is 5.32 Å². The molecule has 100 valence electrons. The van der Waals surface area contributed by atoms with Gasteiger partial charge in [0.2, 0.25) is 0 Å². The number of halogens is 5. The first-order chi connectivity index (χ1) is 8.86. The summed E-state index contributed by atoms with van der Waals surface area (Å²) in [6.45, 7) is 0. The molecule has 0 aliphatic heterocycles. The van der Waals surface area contributed by atoms with Crippen LogP contribution in [0.3, 0.4) is 0 Å². The number of hydrogen-bond donors (Lipinski definition) is 1. The number of benzene rings is 2. The number of rotatable bonds is 2. The quantitative estimate of drug-likeness (QED) is 0.579. The summed E-state index contributed by atoms with van der Waals surface area (Å²) in [6, 6.07) is 10.7. The predicted octanol–water partition coefficient (Wildman–Crippen LogP) is 5.82. The van der Waals surface area contributed by atoms with E-state index in [0.717, 1.165) is 25.9 Å². The van der Waals surface area contributed by atoms with Crippen LogP contribution in [-0.4, -0.2) is 0 Å². The Labute approximate surface area is 130 Å². The molecule has 1 N–H and O–H groups in total. The summed E-state index contributed by atoms with van der Waals surface area (Å²) in [5, 5.41) is 2.96. The third-order valence-corrected chi connectivity index (χ3v) is 3.73. The van der Waals surface area contributed by atoms with E-state index in [2.05, 4.69) is 43.8 Å². The molecule has 0 radical (unpaired) electrons. The Hall–Kier alpha value is -0.760. The summed E-state index contributed by atoms with van der Waals surface area (Å²) < 4.78 is 39.6. The van der Waals surface area contributed by atoms with Crippen molar-refractivity contribution in [1.82, 2.24) is 0 Å². The van der Waals surface area contributed by atoms with Crippen LogP contribution in [-0.2, 0) is 6.18 Å². The van der Waals surface area contributed by atoms with Crippen molar-refractivity contribution >= 4 is 49.9 Å². The fraction of sp³-hybridized carbons (Fsp3) is 0.0769. The highest BCUT2D eigenvalue weighted by molar-refractivity contribution is 14.1. The first kappa shape index (κ1) is 14.6. The smallest absolute Gasteiger partial charge is 0.355 e. The molecule has 2 aromatic carbocycles. The lowest BCUT2D eigenvalue weighted by molar-refractivity contribution is -0.137. The van der Waals surface area contributed by atoms with Gasteiger partial charge in [-0.3, -0.25) is 0 Å². The maximum Gasteiger partial charge on any atom is 0.416 e. The second kappa shape index (κ2) is 5.70. The van der Waals surface area contributed by atoms with E-state index in [-0.39, 0.29) is 0 Å². The summed E-state index contributed by atoms with van der Waals surface area (Å²) in [7, 11) is 0.